The first-order valence-corrected chi connectivity index (χ1v) is 10.8. The number of aryl methyl sites for hydroxylation is 2. The van der Waals surface area contributed by atoms with Crippen LogP contribution in [0.3, 0.4) is 0 Å². The van der Waals surface area contributed by atoms with Crippen molar-refractivity contribution in [2.24, 2.45) is 0 Å². The number of carbonyl (C=O) groups is 1. The van der Waals surface area contributed by atoms with Gasteiger partial charge in [-0.15, -0.1) is 0 Å². The van der Waals surface area contributed by atoms with E-state index in [0.29, 0.717) is 6.04 Å². The van der Waals surface area contributed by atoms with Gasteiger partial charge in [0.1, 0.15) is 5.75 Å². The van der Waals surface area contributed by atoms with Crippen LogP contribution in [0.1, 0.15) is 48.7 Å². The number of aromatic nitrogens is 2. The van der Waals surface area contributed by atoms with Crippen molar-refractivity contribution in [2.75, 3.05) is 32.8 Å². The average Bonchev–Trinajstić information content (AvgIpc) is 3.37. The number of rotatable bonds is 6. The van der Waals surface area contributed by atoms with Crippen molar-refractivity contribution in [3.8, 4) is 5.75 Å². The summed E-state index contributed by atoms with van der Waals surface area (Å²) in [5, 5.41) is 4.66. The Morgan fingerprint density at radius 1 is 1.07 bits per heavy atom. The fourth-order valence-corrected chi connectivity index (χ4v) is 4.49. The summed E-state index contributed by atoms with van der Waals surface area (Å²) in [6.07, 6.45) is 4.50. The van der Waals surface area contributed by atoms with Gasteiger partial charge in [0.15, 0.2) is 6.61 Å². The molecule has 2 aromatic rings. The van der Waals surface area contributed by atoms with Crippen molar-refractivity contribution < 1.29 is 9.53 Å². The van der Waals surface area contributed by atoms with Gasteiger partial charge in [-0.1, -0.05) is 12.1 Å². The number of carbonyl (C=O) groups excluding carboxylic acids is 1. The first-order chi connectivity index (χ1) is 14.1. The number of likely N-dealkylation sites (tertiary alicyclic amines) is 2. The predicted octanol–water partition coefficient (Wildman–Crippen LogP) is 3.34. The number of piperidine rings is 1. The lowest BCUT2D eigenvalue weighted by Crippen LogP contribution is -2.34. The van der Waals surface area contributed by atoms with Crippen LogP contribution in [0.2, 0.25) is 0 Å². The Balaban J connectivity index is 1.23. The van der Waals surface area contributed by atoms with Crippen molar-refractivity contribution in [1.29, 1.82) is 0 Å². The summed E-state index contributed by atoms with van der Waals surface area (Å²) < 4.78 is 7.90. The molecule has 2 aliphatic heterocycles. The molecule has 6 nitrogen and oxygen atoms in total. The Labute approximate surface area is 173 Å². The molecular weight excluding hydrogens is 364 g/mol. The summed E-state index contributed by atoms with van der Waals surface area (Å²) >= 11 is 0. The molecule has 0 spiro atoms. The highest BCUT2D eigenvalue weighted by atomic mass is 16.5. The van der Waals surface area contributed by atoms with E-state index in [1.807, 2.05) is 17.0 Å². The highest BCUT2D eigenvalue weighted by molar-refractivity contribution is 5.78. The van der Waals surface area contributed by atoms with Gasteiger partial charge in [0.25, 0.3) is 5.91 Å². The second-order valence-electron chi connectivity index (χ2n) is 8.40. The van der Waals surface area contributed by atoms with Crippen LogP contribution in [0, 0.1) is 13.8 Å². The molecule has 0 radical (unpaired) electrons. The van der Waals surface area contributed by atoms with Crippen LogP contribution in [-0.4, -0.2) is 58.3 Å². The molecule has 2 aliphatic rings. The number of hydrogen-bond acceptors (Lipinski definition) is 4. The molecule has 2 saturated heterocycles. The van der Waals surface area contributed by atoms with Gasteiger partial charge in [0.05, 0.1) is 11.7 Å². The van der Waals surface area contributed by atoms with Crippen LogP contribution in [0.15, 0.2) is 30.3 Å². The molecule has 0 N–H and O–H groups in total. The van der Waals surface area contributed by atoms with E-state index in [1.165, 1.54) is 11.3 Å². The van der Waals surface area contributed by atoms with Crippen LogP contribution in [0.4, 0.5) is 0 Å². The van der Waals surface area contributed by atoms with Gasteiger partial charge in [-0.3, -0.25) is 14.4 Å². The molecule has 3 heterocycles. The molecule has 1 aromatic carbocycles. The van der Waals surface area contributed by atoms with E-state index in [9.17, 15) is 4.79 Å². The molecule has 29 heavy (non-hydrogen) atoms. The third-order valence-electron chi connectivity index (χ3n) is 6.10. The van der Waals surface area contributed by atoms with Gasteiger partial charge in [0.2, 0.25) is 0 Å². The van der Waals surface area contributed by atoms with Crippen LogP contribution in [0.5, 0.6) is 5.75 Å². The van der Waals surface area contributed by atoms with Gasteiger partial charge < -0.3 is 9.64 Å². The van der Waals surface area contributed by atoms with Crippen LogP contribution >= 0.6 is 0 Å². The number of ether oxygens (including phenoxy) is 1. The minimum atomic E-state index is 0.0945. The fraction of sp³-hybridized carbons (Fsp3) is 0.565. The van der Waals surface area contributed by atoms with E-state index in [1.54, 1.807) is 0 Å². The number of hydrogen-bond donors (Lipinski definition) is 0. The molecule has 0 atom stereocenters. The molecule has 4 rings (SSSR count). The van der Waals surface area contributed by atoms with Gasteiger partial charge >= 0.3 is 0 Å². The number of benzene rings is 1. The molecule has 2 fully saturated rings. The maximum Gasteiger partial charge on any atom is 0.260 e. The smallest absolute Gasteiger partial charge is 0.260 e. The van der Waals surface area contributed by atoms with E-state index in [4.69, 9.17) is 4.74 Å². The molecule has 156 valence electrons. The quantitative estimate of drug-likeness (QED) is 0.752. The monoisotopic (exact) mass is 396 g/mol. The molecular formula is C23H32N4O2. The van der Waals surface area contributed by atoms with Gasteiger partial charge in [-0.2, -0.15) is 5.10 Å². The molecule has 0 aliphatic carbocycles. The molecule has 6 heteroatoms. The summed E-state index contributed by atoms with van der Waals surface area (Å²) in [7, 11) is 0. The minimum Gasteiger partial charge on any atom is -0.484 e. The van der Waals surface area contributed by atoms with E-state index in [0.717, 1.165) is 69.9 Å². The summed E-state index contributed by atoms with van der Waals surface area (Å²) in [5.41, 5.74) is 3.65. The summed E-state index contributed by atoms with van der Waals surface area (Å²) in [6.45, 7) is 9.23. The van der Waals surface area contributed by atoms with Crippen LogP contribution in [0.25, 0.3) is 0 Å². The molecule has 1 aromatic heterocycles. The Morgan fingerprint density at radius 3 is 2.38 bits per heavy atom. The Morgan fingerprint density at radius 2 is 1.76 bits per heavy atom. The molecule has 0 unspecified atom stereocenters. The lowest BCUT2D eigenvalue weighted by molar-refractivity contribution is -0.132. The van der Waals surface area contributed by atoms with Crippen molar-refractivity contribution in [1.82, 2.24) is 19.6 Å². The predicted molar refractivity (Wildman–Crippen MR) is 113 cm³/mol. The third-order valence-corrected chi connectivity index (χ3v) is 6.10. The molecule has 0 saturated carbocycles. The van der Waals surface area contributed by atoms with Crippen LogP contribution in [-0.2, 0) is 11.3 Å². The van der Waals surface area contributed by atoms with Crippen LogP contribution < -0.4 is 4.74 Å². The highest BCUT2D eigenvalue weighted by Crippen LogP contribution is 2.25. The number of nitrogens with zero attached hydrogens (tertiary/aromatic N) is 4. The highest BCUT2D eigenvalue weighted by Gasteiger charge is 2.22. The maximum atomic E-state index is 12.1. The molecule has 0 bridgehead atoms. The maximum absolute atomic E-state index is 12.1. The average molecular weight is 397 g/mol. The van der Waals surface area contributed by atoms with Gasteiger partial charge in [-0.25, -0.2) is 0 Å². The van der Waals surface area contributed by atoms with E-state index < -0.39 is 0 Å². The zero-order valence-corrected chi connectivity index (χ0v) is 17.6. The Hall–Kier alpha value is -2.34. The topological polar surface area (TPSA) is 50.6 Å². The largest absolute Gasteiger partial charge is 0.484 e. The number of amides is 1. The zero-order valence-electron chi connectivity index (χ0n) is 17.6. The lowest BCUT2D eigenvalue weighted by Gasteiger charge is -2.32. The first-order valence-electron chi connectivity index (χ1n) is 10.8. The van der Waals surface area contributed by atoms with E-state index in [2.05, 4.69) is 46.7 Å². The minimum absolute atomic E-state index is 0.0945. The summed E-state index contributed by atoms with van der Waals surface area (Å²) in [6, 6.07) is 10.9. The summed E-state index contributed by atoms with van der Waals surface area (Å²) in [4.78, 5) is 16.5. The Bertz CT molecular complexity index is 816. The third kappa shape index (κ3) is 4.99. The molecule has 1 amide bonds. The second-order valence-corrected chi connectivity index (χ2v) is 8.40. The standard InChI is InChI=1S/C23H32N4O2/c1-18-15-19(2)27(24-18)21-9-13-25(14-10-21)16-20-5-7-22(8-6-20)29-17-23(28)26-11-3-4-12-26/h5-8,15,21H,3-4,9-14,16-17H2,1-2H3. The lowest BCUT2D eigenvalue weighted by atomic mass is 10.0. The van der Waals surface area contributed by atoms with Crippen molar-refractivity contribution >= 4 is 5.91 Å². The fourth-order valence-electron chi connectivity index (χ4n) is 4.49. The van der Waals surface area contributed by atoms with Crippen molar-refractivity contribution in [3.63, 3.8) is 0 Å². The zero-order chi connectivity index (χ0) is 20.2. The second kappa shape index (κ2) is 8.99. The van der Waals surface area contributed by atoms with Crippen molar-refractivity contribution in [2.45, 2.75) is 52.1 Å². The summed E-state index contributed by atoms with van der Waals surface area (Å²) in [5.74, 6) is 0.863. The first kappa shape index (κ1) is 20.0. The van der Waals surface area contributed by atoms with E-state index >= 15 is 0 Å². The SMILES string of the molecule is Cc1cc(C)n(C2CCN(Cc3ccc(OCC(=O)N4CCCC4)cc3)CC2)n1. The van der Waals surface area contributed by atoms with Crippen molar-refractivity contribution in [3.05, 3.63) is 47.3 Å². The van der Waals surface area contributed by atoms with E-state index in [-0.39, 0.29) is 12.5 Å². The Kier molecular flexibility index (Phi) is 6.19. The van der Waals surface area contributed by atoms with Gasteiger partial charge in [-0.05, 0) is 63.3 Å². The van der Waals surface area contributed by atoms with Gasteiger partial charge in [0, 0.05) is 38.4 Å². The normalized spacial score (nSPS) is 18.3.